The lowest BCUT2D eigenvalue weighted by Gasteiger charge is -2.31. The molecule has 3 rings (SSSR count). The highest BCUT2D eigenvalue weighted by Crippen LogP contribution is 2.31. The van der Waals surface area contributed by atoms with Crippen LogP contribution in [0.2, 0.25) is 0 Å². The average Bonchev–Trinajstić information content (AvgIpc) is 2.78. The minimum Gasteiger partial charge on any atom is -0.497 e. The highest BCUT2D eigenvalue weighted by atomic mass is 32.2. The highest BCUT2D eigenvalue weighted by molar-refractivity contribution is 7.89. The van der Waals surface area contributed by atoms with Crippen LogP contribution in [-0.4, -0.2) is 53.0 Å². The fraction of sp³-hybridized carbons (Fsp3) is 0.409. The van der Waals surface area contributed by atoms with Gasteiger partial charge in [0.2, 0.25) is 15.9 Å². The number of nitrogens with zero attached hydrogens (tertiary/aromatic N) is 1. The first-order valence-corrected chi connectivity index (χ1v) is 11.4. The molecule has 1 N–H and O–H groups in total. The number of piperidine rings is 1. The van der Waals surface area contributed by atoms with E-state index < -0.39 is 15.9 Å². The van der Waals surface area contributed by atoms with Crippen molar-refractivity contribution >= 4 is 21.6 Å². The highest BCUT2D eigenvalue weighted by Gasteiger charge is 2.33. The maximum Gasteiger partial charge on any atom is 0.243 e. The number of ether oxygens (including phenoxy) is 3. The van der Waals surface area contributed by atoms with Crippen LogP contribution in [0.1, 0.15) is 18.4 Å². The molecular weight excluding hydrogens is 420 g/mol. The normalized spacial score (nSPS) is 17.1. The van der Waals surface area contributed by atoms with Gasteiger partial charge in [-0.3, -0.25) is 4.79 Å². The molecule has 1 saturated heterocycles. The second-order valence-electron chi connectivity index (χ2n) is 7.39. The van der Waals surface area contributed by atoms with Gasteiger partial charge >= 0.3 is 0 Å². The van der Waals surface area contributed by atoms with Crippen molar-refractivity contribution in [3.63, 3.8) is 0 Å². The number of rotatable bonds is 7. The predicted octanol–water partition coefficient (Wildman–Crippen LogP) is 3.06. The van der Waals surface area contributed by atoms with Crippen LogP contribution >= 0.6 is 0 Å². The van der Waals surface area contributed by atoms with Gasteiger partial charge in [-0.1, -0.05) is 0 Å². The third-order valence-electron chi connectivity index (χ3n) is 5.42. The molecule has 1 fully saturated rings. The molecule has 0 aliphatic carbocycles. The minimum atomic E-state index is -3.72. The zero-order valence-electron chi connectivity index (χ0n) is 18.2. The van der Waals surface area contributed by atoms with Crippen molar-refractivity contribution in [2.45, 2.75) is 24.7 Å². The summed E-state index contributed by atoms with van der Waals surface area (Å²) in [5.41, 5.74) is 1.22. The number of carbonyl (C=O) groups is 1. The summed E-state index contributed by atoms with van der Waals surface area (Å²) in [6.07, 6.45) is 1.20. The van der Waals surface area contributed by atoms with Crippen LogP contribution in [-0.2, 0) is 14.8 Å². The van der Waals surface area contributed by atoms with Gasteiger partial charge in [0.05, 0.1) is 37.8 Å². The SMILES string of the molecule is COc1ccc(OC)c(NC(=O)[C@H]2CCCN(S(=O)(=O)c3ccc(OC)c(C)c3)C2)c1. The molecule has 0 aromatic heterocycles. The zero-order chi connectivity index (χ0) is 22.6. The molecule has 0 saturated carbocycles. The number of carbonyl (C=O) groups excluding carboxylic acids is 1. The van der Waals surface area contributed by atoms with Crippen LogP contribution in [0, 0.1) is 12.8 Å². The van der Waals surface area contributed by atoms with Crippen molar-refractivity contribution in [1.82, 2.24) is 4.31 Å². The fourth-order valence-corrected chi connectivity index (χ4v) is 5.29. The molecule has 9 heteroatoms. The monoisotopic (exact) mass is 448 g/mol. The molecule has 0 spiro atoms. The third-order valence-corrected chi connectivity index (χ3v) is 7.28. The Hall–Kier alpha value is -2.78. The molecule has 168 valence electrons. The number of benzene rings is 2. The zero-order valence-corrected chi connectivity index (χ0v) is 19.0. The maximum atomic E-state index is 13.2. The van der Waals surface area contributed by atoms with E-state index >= 15 is 0 Å². The van der Waals surface area contributed by atoms with Crippen molar-refractivity contribution < 1.29 is 27.4 Å². The summed E-state index contributed by atoms with van der Waals surface area (Å²) in [4.78, 5) is 13.1. The van der Waals surface area contributed by atoms with Crippen LogP contribution in [0.3, 0.4) is 0 Å². The van der Waals surface area contributed by atoms with Crippen LogP contribution in [0.4, 0.5) is 5.69 Å². The molecular formula is C22H28N2O6S. The molecule has 1 amide bonds. The predicted molar refractivity (Wildman–Crippen MR) is 117 cm³/mol. The first kappa shape index (κ1) is 22.9. The Morgan fingerprint density at radius 3 is 2.39 bits per heavy atom. The molecule has 0 unspecified atom stereocenters. The molecule has 8 nitrogen and oxygen atoms in total. The van der Waals surface area contributed by atoms with Crippen LogP contribution in [0.5, 0.6) is 17.2 Å². The Morgan fingerprint density at radius 1 is 1.03 bits per heavy atom. The van der Waals surface area contributed by atoms with Gasteiger partial charge in [0, 0.05) is 19.2 Å². The van der Waals surface area contributed by atoms with Crippen LogP contribution in [0.25, 0.3) is 0 Å². The van der Waals surface area contributed by atoms with Crippen LogP contribution < -0.4 is 19.5 Å². The average molecular weight is 449 g/mol. The number of amides is 1. The summed E-state index contributed by atoms with van der Waals surface area (Å²) in [5.74, 6) is 0.986. The Morgan fingerprint density at radius 2 is 1.74 bits per heavy atom. The standard InChI is InChI=1S/C22H28N2O6S/c1-15-12-18(8-10-20(15)29-3)31(26,27)24-11-5-6-16(14-24)22(25)23-19-13-17(28-2)7-9-21(19)30-4/h7-10,12-13,16H,5-6,11,14H2,1-4H3,(H,23,25)/t16-/m0/s1. The van der Waals surface area contributed by atoms with Crippen LogP contribution in [0.15, 0.2) is 41.3 Å². The number of methoxy groups -OCH3 is 3. The van der Waals surface area contributed by atoms with Gasteiger partial charge < -0.3 is 19.5 Å². The van der Waals surface area contributed by atoms with Gasteiger partial charge in [-0.25, -0.2) is 8.42 Å². The summed E-state index contributed by atoms with van der Waals surface area (Å²) in [6.45, 7) is 2.29. The van der Waals surface area contributed by atoms with Gasteiger partial charge in [-0.15, -0.1) is 0 Å². The quantitative estimate of drug-likeness (QED) is 0.700. The van der Waals surface area contributed by atoms with Gasteiger partial charge in [0.15, 0.2) is 0 Å². The van der Waals surface area contributed by atoms with Crippen molar-refractivity contribution in [3.8, 4) is 17.2 Å². The number of aryl methyl sites for hydroxylation is 1. The lowest BCUT2D eigenvalue weighted by atomic mass is 9.98. The second kappa shape index (κ2) is 9.57. The Labute approximate surface area is 183 Å². The topological polar surface area (TPSA) is 94.2 Å². The Kier molecular flexibility index (Phi) is 7.07. The molecule has 1 aliphatic rings. The van der Waals surface area contributed by atoms with Gasteiger partial charge in [0.25, 0.3) is 0 Å². The third kappa shape index (κ3) is 4.94. The van der Waals surface area contributed by atoms with Gasteiger partial charge in [-0.05, 0) is 55.7 Å². The summed E-state index contributed by atoms with van der Waals surface area (Å²) >= 11 is 0. The molecule has 1 aliphatic heterocycles. The van der Waals surface area contributed by atoms with E-state index in [1.165, 1.54) is 24.6 Å². The summed E-state index contributed by atoms with van der Waals surface area (Å²) in [5, 5.41) is 2.86. The van der Waals surface area contributed by atoms with Crippen molar-refractivity contribution in [2.24, 2.45) is 5.92 Å². The molecule has 31 heavy (non-hydrogen) atoms. The van der Waals surface area contributed by atoms with Crippen molar-refractivity contribution in [3.05, 3.63) is 42.0 Å². The van der Waals surface area contributed by atoms with E-state index in [1.54, 1.807) is 44.4 Å². The van der Waals surface area contributed by atoms with E-state index in [9.17, 15) is 13.2 Å². The van der Waals surface area contributed by atoms with Crippen molar-refractivity contribution in [1.29, 1.82) is 0 Å². The molecule has 2 aromatic rings. The smallest absolute Gasteiger partial charge is 0.243 e. The van der Waals surface area contributed by atoms with E-state index in [1.807, 2.05) is 0 Å². The number of anilines is 1. The van der Waals surface area contributed by atoms with E-state index in [2.05, 4.69) is 5.32 Å². The van der Waals surface area contributed by atoms with E-state index in [0.717, 1.165) is 5.56 Å². The Bertz CT molecular complexity index is 1050. The maximum absolute atomic E-state index is 13.2. The summed E-state index contributed by atoms with van der Waals surface area (Å²) in [6, 6.07) is 9.89. The first-order chi connectivity index (χ1) is 14.8. The molecule has 0 bridgehead atoms. The summed E-state index contributed by atoms with van der Waals surface area (Å²) in [7, 11) is 0.881. The minimum absolute atomic E-state index is 0.117. The number of sulfonamides is 1. The molecule has 1 atom stereocenters. The fourth-order valence-electron chi connectivity index (χ4n) is 3.68. The van der Waals surface area contributed by atoms with Gasteiger partial charge in [-0.2, -0.15) is 4.31 Å². The van der Waals surface area contributed by atoms with E-state index in [4.69, 9.17) is 14.2 Å². The number of nitrogens with one attached hydrogen (secondary N) is 1. The van der Waals surface area contributed by atoms with Crippen molar-refractivity contribution in [2.75, 3.05) is 39.7 Å². The number of hydrogen-bond donors (Lipinski definition) is 1. The first-order valence-electron chi connectivity index (χ1n) is 9.97. The number of hydrogen-bond acceptors (Lipinski definition) is 6. The Balaban J connectivity index is 1.77. The molecule has 1 heterocycles. The van der Waals surface area contributed by atoms with E-state index in [-0.39, 0.29) is 17.3 Å². The molecule has 2 aromatic carbocycles. The lowest BCUT2D eigenvalue weighted by molar-refractivity contribution is -0.120. The lowest BCUT2D eigenvalue weighted by Crippen LogP contribution is -2.43. The second-order valence-corrected chi connectivity index (χ2v) is 9.33. The van der Waals surface area contributed by atoms with Gasteiger partial charge in [0.1, 0.15) is 17.2 Å². The largest absolute Gasteiger partial charge is 0.497 e. The molecule has 0 radical (unpaired) electrons. The van der Waals surface area contributed by atoms with E-state index in [0.29, 0.717) is 42.3 Å². The summed E-state index contributed by atoms with van der Waals surface area (Å²) < 4.78 is 43.5.